The Labute approximate surface area is 166 Å². The molecule has 138 valence electrons. The number of anilines is 1. The number of thiocarbonyl (C=S) groups is 1. The summed E-state index contributed by atoms with van der Waals surface area (Å²) < 4.78 is 5.77. The summed E-state index contributed by atoms with van der Waals surface area (Å²) in [5.41, 5.74) is 1.43. The Balaban J connectivity index is 1.66. The number of rotatable bonds is 6. The van der Waals surface area contributed by atoms with Crippen molar-refractivity contribution in [3.63, 3.8) is 0 Å². The van der Waals surface area contributed by atoms with Gasteiger partial charge in [0.15, 0.2) is 0 Å². The van der Waals surface area contributed by atoms with Crippen LogP contribution in [0.1, 0.15) is 12.5 Å². The fourth-order valence-corrected chi connectivity index (χ4v) is 3.65. The lowest BCUT2D eigenvalue weighted by Crippen LogP contribution is -2.36. The number of carbonyl (C=O) groups is 2. The third-order valence-corrected chi connectivity index (χ3v) is 4.99. The maximum absolute atomic E-state index is 12.6. The predicted molar refractivity (Wildman–Crippen MR) is 110 cm³/mol. The van der Waals surface area contributed by atoms with Gasteiger partial charge >= 0.3 is 0 Å². The lowest BCUT2D eigenvalue weighted by atomic mass is 10.2. The molecule has 1 aliphatic rings. The predicted octanol–water partition coefficient (Wildman–Crippen LogP) is 3.32. The summed E-state index contributed by atoms with van der Waals surface area (Å²) in [5, 5.41) is 2.70. The molecule has 6 nitrogen and oxygen atoms in total. The molecule has 3 rings (SSSR count). The van der Waals surface area contributed by atoms with E-state index in [1.807, 2.05) is 31.2 Å². The van der Waals surface area contributed by atoms with E-state index >= 15 is 0 Å². The van der Waals surface area contributed by atoms with Crippen molar-refractivity contribution in [2.24, 2.45) is 0 Å². The Kier molecular flexibility index (Phi) is 6.20. The number of nitrogens with one attached hydrogen (secondary N) is 1. The van der Waals surface area contributed by atoms with Crippen molar-refractivity contribution < 1.29 is 14.3 Å². The van der Waals surface area contributed by atoms with E-state index in [1.54, 1.807) is 24.4 Å². The van der Waals surface area contributed by atoms with Crippen molar-refractivity contribution >= 4 is 51.9 Å². The number of carbonyl (C=O) groups excluding carboxylic acids is 2. The van der Waals surface area contributed by atoms with Crippen LogP contribution in [-0.4, -0.2) is 39.2 Å². The van der Waals surface area contributed by atoms with E-state index in [0.717, 1.165) is 11.3 Å². The van der Waals surface area contributed by atoms with Crippen LogP contribution in [0.3, 0.4) is 0 Å². The molecule has 0 radical (unpaired) electrons. The van der Waals surface area contributed by atoms with Gasteiger partial charge in [0, 0.05) is 6.20 Å². The standard InChI is InChI=1S/C19H17N3O3S2/c1-2-25-15-7-5-13(6-8-15)10-16-18(24)22(19(26)27-16)12-17(23)21-14-4-3-9-20-11-14/h3-11H,2,12H2,1H3,(H,21,23)/b16-10+. The van der Waals surface area contributed by atoms with Crippen molar-refractivity contribution in [3.8, 4) is 5.75 Å². The molecular weight excluding hydrogens is 382 g/mol. The molecule has 0 saturated carbocycles. The number of nitrogens with zero attached hydrogens (tertiary/aromatic N) is 2. The van der Waals surface area contributed by atoms with E-state index in [2.05, 4.69) is 10.3 Å². The molecule has 0 aliphatic carbocycles. The molecule has 8 heteroatoms. The van der Waals surface area contributed by atoms with Gasteiger partial charge in [0.25, 0.3) is 5.91 Å². The number of amides is 2. The Morgan fingerprint density at radius 2 is 2.11 bits per heavy atom. The van der Waals surface area contributed by atoms with Gasteiger partial charge in [-0.05, 0) is 42.8 Å². The maximum atomic E-state index is 12.6. The number of thioether (sulfide) groups is 1. The Hall–Kier alpha value is -2.71. The second-order valence-corrected chi connectivity index (χ2v) is 7.24. The van der Waals surface area contributed by atoms with Gasteiger partial charge in [-0.25, -0.2) is 0 Å². The molecule has 0 bridgehead atoms. The van der Waals surface area contributed by atoms with Gasteiger partial charge in [0.2, 0.25) is 5.91 Å². The summed E-state index contributed by atoms with van der Waals surface area (Å²) in [4.78, 5) is 30.5. The largest absolute Gasteiger partial charge is 0.494 e. The highest BCUT2D eigenvalue weighted by molar-refractivity contribution is 8.26. The van der Waals surface area contributed by atoms with Gasteiger partial charge in [-0.15, -0.1) is 0 Å². The average Bonchev–Trinajstić information content (AvgIpc) is 2.92. The van der Waals surface area contributed by atoms with Gasteiger partial charge < -0.3 is 10.1 Å². The van der Waals surface area contributed by atoms with Crippen molar-refractivity contribution in [1.29, 1.82) is 0 Å². The topological polar surface area (TPSA) is 71.5 Å². The number of ether oxygens (including phenoxy) is 1. The lowest BCUT2D eigenvalue weighted by molar-refractivity contribution is -0.126. The minimum absolute atomic E-state index is 0.139. The van der Waals surface area contributed by atoms with E-state index in [9.17, 15) is 9.59 Å². The molecule has 1 aromatic carbocycles. The number of aromatic nitrogens is 1. The zero-order valence-electron chi connectivity index (χ0n) is 14.5. The molecule has 1 fully saturated rings. The monoisotopic (exact) mass is 399 g/mol. The average molecular weight is 399 g/mol. The SMILES string of the molecule is CCOc1ccc(/C=C2/SC(=S)N(CC(=O)Nc3cccnc3)C2=O)cc1. The van der Waals surface area contributed by atoms with E-state index in [-0.39, 0.29) is 18.4 Å². The van der Waals surface area contributed by atoms with Gasteiger partial charge in [-0.3, -0.25) is 19.5 Å². The highest BCUT2D eigenvalue weighted by atomic mass is 32.2. The zero-order chi connectivity index (χ0) is 19.2. The second kappa shape index (κ2) is 8.79. The Morgan fingerprint density at radius 3 is 2.78 bits per heavy atom. The van der Waals surface area contributed by atoms with E-state index in [0.29, 0.717) is 21.5 Å². The molecule has 1 N–H and O–H groups in total. The first-order valence-electron chi connectivity index (χ1n) is 8.25. The van der Waals surface area contributed by atoms with Crippen LogP contribution in [0.15, 0.2) is 53.7 Å². The number of hydrogen-bond donors (Lipinski definition) is 1. The number of hydrogen-bond acceptors (Lipinski definition) is 6. The van der Waals surface area contributed by atoms with Crippen LogP contribution in [0.25, 0.3) is 6.08 Å². The molecule has 27 heavy (non-hydrogen) atoms. The molecule has 0 unspecified atom stereocenters. The second-order valence-electron chi connectivity index (χ2n) is 5.56. The quantitative estimate of drug-likeness (QED) is 0.594. The molecule has 0 atom stereocenters. The first-order valence-corrected chi connectivity index (χ1v) is 9.47. The van der Waals surface area contributed by atoms with Crippen LogP contribution in [0.2, 0.25) is 0 Å². The minimum atomic E-state index is -0.332. The third kappa shape index (κ3) is 4.93. The highest BCUT2D eigenvalue weighted by Crippen LogP contribution is 2.32. The first kappa shape index (κ1) is 19.1. The minimum Gasteiger partial charge on any atom is -0.494 e. The molecule has 2 amide bonds. The van der Waals surface area contributed by atoms with Crippen LogP contribution < -0.4 is 10.1 Å². The molecule has 2 aromatic rings. The zero-order valence-corrected chi connectivity index (χ0v) is 16.2. The number of benzene rings is 1. The lowest BCUT2D eigenvalue weighted by Gasteiger charge is -2.14. The van der Waals surface area contributed by atoms with E-state index in [1.165, 1.54) is 22.9 Å². The van der Waals surface area contributed by atoms with Crippen LogP contribution >= 0.6 is 24.0 Å². The third-order valence-electron chi connectivity index (χ3n) is 3.61. The fourth-order valence-electron chi connectivity index (χ4n) is 2.40. The molecular formula is C19H17N3O3S2. The van der Waals surface area contributed by atoms with Crippen LogP contribution in [0.5, 0.6) is 5.75 Å². The molecule has 2 heterocycles. The highest BCUT2D eigenvalue weighted by Gasteiger charge is 2.33. The van der Waals surface area contributed by atoms with Gasteiger partial charge in [-0.2, -0.15) is 0 Å². The smallest absolute Gasteiger partial charge is 0.266 e. The summed E-state index contributed by atoms with van der Waals surface area (Å²) in [6.45, 7) is 2.38. The normalized spacial score (nSPS) is 15.3. The van der Waals surface area contributed by atoms with E-state index < -0.39 is 0 Å². The first-order chi connectivity index (χ1) is 13.1. The summed E-state index contributed by atoms with van der Waals surface area (Å²) in [6, 6.07) is 10.9. The number of pyridine rings is 1. The van der Waals surface area contributed by atoms with Crippen molar-refractivity contribution in [2.75, 3.05) is 18.5 Å². The van der Waals surface area contributed by atoms with Crippen molar-refractivity contribution in [1.82, 2.24) is 9.88 Å². The van der Waals surface area contributed by atoms with Crippen LogP contribution in [0.4, 0.5) is 5.69 Å². The van der Waals surface area contributed by atoms with E-state index in [4.69, 9.17) is 17.0 Å². The summed E-state index contributed by atoms with van der Waals surface area (Å²) in [5.74, 6) is 0.163. The summed E-state index contributed by atoms with van der Waals surface area (Å²) >= 11 is 6.45. The molecule has 1 saturated heterocycles. The van der Waals surface area contributed by atoms with Crippen LogP contribution in [-0.2, 0) is 9.59 Å². The fraction of sp³-hybridized carbons (Fsp3) is 0.158. The van der Waals surface area contributed by atoms with Crippen molar-refractivity contribution in [3.05, 3.63) is 59.3 Å². The Morgan fingerprint density at radius 1 is 1.33 bits per heavy atom. The van der Waals surface area contributed by atoms with Gasteiger partial charge in [0.1, 0.15) is 16.6 Å². The van der Waals surface area contributed by atoms with Crippen LogP contribution in [0, 0.1) is 0 Å². The Bertz CT molecular complexity index is 883. The molecule has 1 aromatic heterocycles. The summed E-state index contributed by atoms with van der Waals surface area (Å²) in [6.07, 6.45) is 4.91. The molecule has 1 aliphatic heterocycles. The van der Waals surface area contributed by atoms with Gasteiger partial charge in [0.05, 0.1) is 23.4 Å². The molecule has 0 spiro atoms. The summed E-state index contributed by atoms with van der Waals surface area (Å²) in [7, 11) is 0. The van der Waals surface area contributed by atoms with Crippen molar-refractivity contribution in [2.45, 2.75) is 6.92 Å². The maximum Gasteiger partial charge on any atom is 0.266 e. The van der Waals surface area contributed by atoms with Gasteiger partial charge in [-0.1, -0.05) is 36.1 Å².